The van der Waals surface area contributed by atoms with E-state index in [0.29, 0.717) is 0 Å². The molecule has 3 nitrogen and oxygen atoms in total. The summed E-state index contributed by atoms with van der Waals surface area (Å²) in [5, 5.41) is 5.00. The van der Waals surface area contributed by atoms with Crippen LogP contribution in [0.5, 0.6) is 0 Å². The van der Waals surface area contributed by atoms with Crippen LogP contribution in [0.2, 0.25) is 0 Å². The molecule has 0 aromatic heterocycles. The SMILES string of the molecule is C=CC(=O)N(C)/N=C\C=C/C.CC. The van der Waals surface area contributed by atoms with Gasteiger partial charge in [0, 0.05) is 13.3 Å². The van der Waals surface area contributed by atoms with Crippen LogP contribution in [0.4, 0.5) is 0 Å². The van der Waals surface area contributed by atoms with Crippen LogP contribution in [0.25, 0.3) is 0 Å². The molecule has 1 amide bonds. The molecular weight excluding hydrogens is 164 g/mol. The van der Waals surface area contributed by atoms with E-state index in [1.54, 1.807) is 19.3 Å². The van der Waals surface area contributed by atoms with Crippen molar-refractivity contribution in [1.29, 1.82) is 0 Å². The van der Waals surface area contributed by atoms with Gasteiger partial charge in [0.1, 0.15) is 0 Å². The van der Waals surface area contributed by atoms with Crippen LogP contribution in [0.1, 0.15) is 20.8 Å². The van der Waals surface area contributed by atoms with Crippen LogP contribution < -0.4 is 0 Å². The first-order chi connectivity index (χ1) is 6.22. The third-order valence-electron chi connectivity index (χ3n) is 1.01. The zero-order chi connectivity index (χ0) is 10.7. The molecule has 0 unspecified atom stereocenters. The van der Waals surface area contributed by atoms with Crippen molar-refractivity contribution in [3.8, 4) is 0 Å². The Balaban J connectivity index is 0. The van der Waals surface area contributed by atoms with Crippen molar-refractivity contribution in [3.63, 3.8) is 0 Å². The number of hydrazone groups is 1. The average Bonchev–Trinajstić information content (AvgIpc) is 2.20. The summed E-state index contributed by atoms with van der Waals surface area (Å²) in [6, 6.07) is 0. The molecule has 0 atom stereocenters. The Labute approximate surface area is 80.4 Å². The van der Waals surface area contributed by atoms with Gasteiger partial charge in [0.25, 0.3) is 5.91 Å². The third-order valence-corrected chi connectivity index (χ3v) is 1.01. The van der Waals surface area contributed by atoms with Gasteiger partial charge in [0.15, 0.2) is 0 Å². The van der Waals surface area contributed by atoms with E-state index >= 15 is 0 Å². The Kier molecular flexibility index (Phi) is 11.6. The lowest BCUT2D eigenvalue weighted by Crippen LogP contribution is -2.17. The van der Waals surface area contributed by atoms with Crippen LogP contribution in [0.3, 0.4) is 0 Å². The predicted molar refractivity (Wildman–Crippen MR) is 57.6 cm³/mol. The van der Waals surface area contributed by atoms with Crippen molar-refractivity contribution in [2.24, 2.45) is 5.10 Å². The van der Waals surface area contributed by atoms with Crippen molar-refractivity contribution < 1.29 is 4.79 Å². The number of allylic oxidation sites excluding steroid dienone is 2. The Bertz CT molecular complexity index is 195. The Morgan fingerprint density at radius 1 is 1.46 bits per heavy atom. The minimum atomic E-state index is -0.217. The van der Waals surface area contributed by atoms with Gasteiger partial charge >= 0.3 is 0 Å². The molecule has 0 saturated heterocycles. The lowest BCUT2D eigenvalue weighted by atomic mass is 10.5. The van der Waals surface area contributed by atoms with E-state index < -0.39 is 0 Å². The fraction of sp³-hybridized carbons (Fsp3) is 0.400. The maximum atomic E-state index is 10.8. The number of hydrogen-bond acceptors (Lipinski definition) is 2. The first-order valence-electron chi connectivity index (χ1n) is 4.27. The fourth-order valence-corrected chi connectivity index (χ4v) is 0.414. The quantitative estimate of drug-likeness (QED) is 0.374. The van der Waals surface area contributed by atoms with Gasteiger partial charge in [0.05, 0.1) is 0 Å². The van der Waals surface area contributed by atoms with Crippen LogP contribution in [-0.2, 0) is 4.79 Å². The van der Waals surface area contributed by atoms with Crippen molar-refractivity contribution >= 4 is 12.1 Å². The summed E-state index contributed by atoms with van der Waals surface area (Å²) in [6.07, 6.45) is 6.33. The van der Waals surface area contributed by atoms with Gasteiger partial charge in [-0.15, -0.1) is 0 Å². The Morgan fingerprint density at radius 3 is 2.38 bits per heavy atom. The molecule has 0 aliphatic heterocycles. The molecule has 0 aliphatic carbocycles. The second kappa shape index (κ2) is 10.6. The summed E-state index contributed by atoms with van der Waals surface area (Å²) >= 11 is 0. The van der Waals surface area contributed by atoms with E-state index in [0.717, 1.165) is 0 Å². The second-order valence-electron chi connectivity index (χ2n) is 1.86. The van der Waals surface area contributed by atoms with Crippen molar-refractivity contribution in [2.45, 2.75) is 20.8 Å². The molecule has 0 radical (unpaired) electrons. The highest BCUT2D eigenvalue weighted by molar-refractivity contribution is 5.87. The summed E-state index contributed by atoms with van der Waals surface area (Å²) in [5.74, 6) is -0.217. The van der Waals surface area contributed by atoms with E-state index in [1.807, 2.05) is 26.8 Å². The van der Waals surface area contributed by atoms with E-state index in [1.165, 1.54) is 11.1 Å². The molecule has 0 aromatic rings. The van der Waals surface area contributed by atoms with Gasteiger partial charge in [-0.05, 0) is 19.1 Å². The lowest BCUT2D eigenvalue weighted by Gasteiger charge is -2.05. The number of likely N-dealkylation sites (N-methyl/N-ethyl adjacent to an activating group) is 1. The maximum absolute atomic E-state index is 10.8. The van der Waals surface area contributed by atoms with E-state index in [-0.39, 0.29) is 5.91 Å². The summed E-state index contributed by atoms with van der Waals surface area (Å²) in [4.78, 5) is 10.8. The van der Waals surface area contributed by atoms with Gasteiger partial charge < -0.3 is 0 Å². The van der Waals surface area contributed by atoms with Crippen LogP contribution in [-0.4, -0.2) is 24.2 Å². The summed E-state index contributed by atoms with van der Waals surface area (Å²) in [7, 11) is 1.57. The van der Waals surface area contributed by atoms with E-state index in [2.05, 4.69) is 11.7 Å². The second-order valence-corrected chi connectivity index (χ2v) is 1.86. The molecule has 0 aromatic carbocycles. The fourth-order valence-electron chi connectivity index (χ4n) is 0.414. The summed E-state index contributed by atoms with van der Waals surface area (Å²) in [5.41, 5.74) is 0. The predicted octanol–water partition coefficient (Wildman–Crippen LogP) is 2.22. The maximum Gasteiger partial charge on any atom is 0.265 e. The third kappa shape index (κ3) is 8.53. The number of rotatable bonds is 3. The van der Waals surface area contributed by atoms with Crippen molar-refractivity contribution in [3.05, 3.63) is 24.8 Å². The molecule has 0 saturated carbocycles. The zero-order valence-corrected chi connectivity index (χ0v) is 8.82. The first kappa shape index (κ1) is 14.2. The number of amides is 1. The molecular formula is C10H18N2O. The minimum absolute atomic E-state index is 0.217. The lowest BCUT2D eigenvalue weighted by molar-refractivity contribution is -0.124. The van der Waals surface area contributed by atoms with Crippen LogP contribution in [0, 0.1) is 0 Å². The van der Waals surface area contributed by atoms with Crippen molar-refractivity contribution in [1.82, 2.24) is 5.01 Å². The topological polar surface area (TPSA) is 32.7 Å². The zero-order valence-electron chi connectivity index (χ0n) is 8.82. The molecule has 0 aliphatic rings. The first-order valence-corrected chi connectivity index (χ1v) is 4.27. The van der Waals surface area contributed by atoms with Crippen molar-refractivity contribution in [2.75, 3.05) is 7.05 Å². The van der Waals surface area contributed by atoms with Gasteiger partial charge in [0.2, 0.25) is 0 Å². The molecule has 0 rings (SSSR count). The van der Waals surface area contributed by atoms with Crippen LogP contribution >= 0.6 is 0 Å². The van der Waals surface area contributed by atoms with E-state index in [9.17, 15) is 4.79 Å². The standard InChI is InChI=1S/C8H12N2O.C2H6/c1-4-6-7-9-10(3)8(11)5-2;1-2/h4-7H,2H2,1,3H3;1-2H3/b6-4-,9-7-;. The molecule has 0 fully saturated rings. The number of carbonyl (C=O) groups excluding carboxylic acids is 1. The average molecular weight is 182 g/mol. The molecule has 3 heteroatoms. The molecule has 0 N–H and O–H groups in total. The van der Waals surface area contributed by atoms with Crippen LogP contribution in [0.15, 0.2) is 29.9 Å². The van der Waals surface area contributed by atoms with E-state index in [4.69, 9.17) is 0 Å². The number of nitrogens with zero attached hydrogens (tertiary/aromatic N) is 2. The number of hydrogen-bond donors (Lipinski definition) is 0. The Hall–Kier alpha value is -1.38. The minimum Gasteiger partial charge on any atom is -0.268 e. The molecule has 0 spiro atoms. The highest BCUT2D eigenvalue weighted by Crippen LogP contribution is 1.84. The highest BCUT2D eigenvalue weighted by atomic mass is 16.2. The smallest absolute Gasteiger partial charge is 0.265 e. The highest BCUT2D eigenvalue weighted by Gasteiger charge is 1.97. The molecule has 0 heterocycles. The Morgan fingerprint density at radius 2 is 2.00 bits per heavy atom. The summed E-state index contributed by atoms with van der Waals surface area (Å²) in [6.45, 7) is 9.20. The number of carbonyl (C=O) groups is 1. The van der Waals surface area contributed by atoms with Gasteiger partial charge in [-0.3, -0.25) is 4.79 Å². The molecule has 0 bridgehead atoms. The summed E-state index contributed by atoms with van der Waals surface area (Å²) < 4.78 is 0. The molecule has 13 heavy (non-hydrogen) atoms. The monoisotopic (exact) mass is 182 g/mol. The van der Waals surface area contributed by atoms with Gasteiger partial charge in [-0.1, -0.05) is 26.5 Å². The van der Waals surface area contributed by atoms with Gasteiger partial charge in [-0.2, -0.15) is 5.10 Å². The largest absolute Gasteiger partial charge is 0.268 e. The normalized spacial score (nSPS) is 9.54. The van der Waals surface area contributed by atoms with Gasteiger partial charge in [-0.25, -0.2) is 5.01 Å². The molecule has 74 valence electrons.